The SMILES string of the molecule is COc1cc(C(Cc2ccccc2)OCC(C)CCC2=COCO2)ccc1O. The predicted octanol–water partition coefficient (Wildman–Crippen LogP) is 4.96. The smallest absolute Gasteiger partial charge is 0.229 e. The lowest BCUT2D eigenvalue weighted by Gasteiger charge is -2.22. The second kappa shape index (κ2) is 10.0. The fraction of sp³-hybridized carbons (Fsp3) is 0.391. The summed E-state index contributed by atoms with van der Waals surface area (Å²) in [6.45, 7) is 3.13. The Morgan fingerprint density at radius 1 is 1.14 bits per heavy atom. The molecule has 2 aromatic carbocycles. The second-order valence-corrected chi connectivity index (χ2v) is 7.10. The predicted molar refractivity (Wildman–Crippen MR) is 107 cm³/mol. The van der Waals surface area contributed by atoms with E-state index in [9.17, 15) is 5.11 Å². The van der Waals surface area contributed by atoms with Gasteiger partial charge in [0.15, 0.2) is 11.5 Å². The van der Waals surface area contributed by atoms with E-state index in [0.29, 0.717) is 25.1 Å². The number of methoxy groups -OCH3 is 1. The van der Waals surface area contributed by atoms with Gasteiger partial charge in [0.2, 0.25) is 6.79 Å². The van der Waals surface area contributed by atoms with Crippen molar-refractivity contribution in [1.82, 2.24) is 0 Å². The molecule has 2 atom stereocenters. The van der Waals surface area contributed by atoms with Gasteiger partial charge < -0.3 is 24.1 Å². The number of benzene rings is 2. The average Bonchev–Trinajstić information content (AvgIpc) is 3.24. The van der Waals surface area contributed by atoms with E-state index < -0.39 is 0 Å². The lowest BCUT2D eigenvalue weighted by atomic mass is 10.00. The molecule has 0 spiro atoms. The highest BCUT2D eigenvalue weighted by atomic mass is 16.7. The van der Waals surface area contributed by atoms with Gasteiger partial charge in [-0.25, -0.2) is 0 Å². The summed E-state index contributed by atoms with van der Waals surface area (Å²) in [5.41, 5.74) is 2.19. The van der Waals surface area contributed by atoms with Crippen LogP contribution in [-0.4, -0.2) is 25.6 Å². The molecule has 1 heterocycles. The molecule has 0 saturated heterocycles. The van der Waals surface area contributed by atoms with Crippen LogP contribution in [0.25, 0.3) is 0 Å². The third kappa shape index (κ3) is 5.67. The van der Waals surface area contributed by atoms with Crippen LogP contribution >= 0.6 is 0 Å². The Labute approximate surface area is 166 Å². The molecule has 5 heteroatoms. The van der Waals surface area contributed by atoms with Crippen molar-refractivity contribution in [2.45, 2.75) is 32.3 Å². The maximum atomic E-state index is 9.91. The summed E-state index contributed by atoms with van der Waals surface area (Å²) in [5, 5.41) is 9.91. The van der Waals surface area contributed by atoms with Crippen molar-refractivity contribution in [2.24, 2.45) is 5.92 Å². The van der Waals surface area contributed by atoms with Crippen LogP contribution in [0.3, 0.4) is 0 Å². The zero-order valence-corrected chi connectivity index (χ0v) is 16.5. The molecule has 0 aromatic heterocycles. The number of phenols is 1. The van der Waals surface area contributed by atoms with Crippen molar-refractivity contribution in [3.05, 3.63) is 71.7 Å². The van der Waals surface area contributed by atoms with E-state index in [-0.39, 0.29) is 11.9 Å². The number of hydrogen-bond acceptors (Lipinski definition) is 5. The molecule has 2 aromatic rings. The van der Waals surface area contributed by atoms with Crippen molar-refractivity contribution in [3.8, 4) is 11.5 Å². The first kappa shape index (κ1) is 20.1. The fourth-order valence-electron chi connectivity index (χ4n) is 3.15. The van der Waals surface area contributed by atoms with Crippen LogP contribution in [0.2, 0.25) is 0 Å². The van der Waals surface area contributed by atoms with Crippen molar-refractivity contribution in [1.29, 1.82) is 0 Å². The zero-order valence-electron chi connectivity index (χ0n) is 16.5. The van der Waals surface area contributed by atoms with Gasteiger partial charge in [0.05, 0.1) is 13.2 Å². The van der Waals surface area contributed by atoms with E-state index in [1.165, 1.54) is 5.56 Å². The molecule has 0 bridgehead atoms. The molecular weight excluding hydrogens is 356 g/mol. The first-order chi connectivity index (χ1) is 13.7. The highest BCUT2D eigenvalue weighted by Gasteiger charge is 2.18. The quantitative estimate of drug-likeness (QED) is 0.627. The molecule has 1 N–H and O–H groups in total. The maximum absolute atomic E-state index is 9.91. The molecule has 3 rings (SSSR count). The van der Waals surface area contributed by atoms with E-state index in [1.807, 2.05) is 30.3 Å². The topological polar surface area (TPSA) is 57.2 Å². The first-order valence-electron chi connectivity index (χ1n) is 9.61. The van der Waals surface area contributed by atoms with Crippen LogP contribution in [0.1, 0.15) is 37.0 Å². The van der Waals surface area contributed by atoms with Gasteiger partial charge in [0, 0.05) is 19.4 Å². The number of ether oxygens (including phenoxy) is 4. The lowest BCUT2D eigenvalue weighted by Crippen LogP contribution is -2.14. The van der Waals surface area contributed by atoms with Gasteiger partial charge in [0.25, 0.3) is 0 Å². The van der Waals surface area contributed by atoms with Gasteiger partial charge in [-0.15, -0.1) is 0 Å². The van der Waals surface area contributed by atoms with Crippen molar-refractivity contribution >= 4 is 0 Å². The number of aromatic hydroxyl groups is 1. The summed E-state index contributed by atoms with van der Waals surface area (Å²) in [6, 6.07) is 15.7. The van der Waals surface area contributed by atoms with Gasteiger partial charge in [-0.3, -0.25) is 0 Å². The van der Waals surface area contributed by atoms with Gasteiger partial charge in [-0.1, -0.05) is 43.3 Å². The van der Waals surface area contributed by atoms with Gasteiger partial charge in [-0.2, -0.15) is 0 Å². The van der Waals surface area contributed by atoms with Crippen molar-refractivity contribution in [3.63, 3.8) is 0 Å². The Kier molecular flexibility index (Phi) is 7.20. The Hall–Kier alpha value is -2.66. The summed E-state index contributed by atoms with van der Waals surface area (Å²) in [6.07, 6.45) is 4.13. The standard InChI is InChI=1S/C23H28O5/c1-17(8-10-20-15-26-16-28-20)14-27-22(12-18-6-4-3-5-7-18)19-9-11-21(24)23(13-19)25-2/h3-7,9,11,13,15,17,22,24H,8,10,12,14,16H2,1-2H3. The molecule has 0 fully saturated rings. The van der Waals surface area contributed by atoms with Crippen LogP contribution in [-0.2, 0) is 20.6 Å². The summed E-state index contributed by atoms with van der Waals surface area (Å²) in [4.78, 5) is 0. The Morgan fingerprint density at radius 2 is 1.96 bits per heavy atom. The maximum Gasteiger partial charge on any atom is 0.229 e. The molecule has 0 amide bonds. The third-order valence-corrected chi connectivity index (χ3v) is 4.83. The van der Waals surface area contributed by atoms with E-state index in [4.69, 9.17) is 18.9 Å². The molecule has 1 aliphatic rings. The number of rotatable bonds is 10. The number of allylic oxidation sites excluding steroid dienone is 1. The largest absolute Gasteiger partial charge is 0.504 e. The van der Waals surface area contributed by atoms with E-state index in [0.717, 1.165) is 30.6 Å². The lowest BCUT2D eigenvalue weighted by molar-refractivity contribution is 0.0284. The molecule has 1 aliphatic heterocycles. The minimum Gasteiger partial charge on any atom is -0.504 e. The highest BCUT2D eigenvalue weighted by Crippen LogP contribution is 2.32. The molecule has 0 radical (unpaired) electrons. The summed E-state index contributed by atoms with van der Waals surface area (Å²) >= 11 is 0. The Balaban J connectivity index is 1.65. The third-order valence-electron chi connectivity index (χ3n) is 4.83. The van der Waals surface area contributed by atoms with Crippen LogP contribution in [0.4, 0.5) is 0 Å². The normalized spacial score (nSPS) is 15.3. The average molecular weight is 384 g/mol. The Bertz CT molecular complexity index is 772. The highest BCUT2D eigenvalue weighted by molar-refractivity contribution is 5.42. The van der Waals surface area contributed by atoms with Gasteiger partial charge in [0.1, 0.15) is 12.0 Å². The summed E-state index contributed by atoms with van der Waals surface area (Å²) in [5.74, 6) is 1.86. The van der Waals surface area contributed by atoms with E-state index in [2.05, 4.69) is 19.1 Å². The van der Waals surface area contributed by atoms with Crippen LogP contribution < -0.4 is 4.74 Å². The van der Waals surface area contributed by atoms with Gasteiger partial charge in [-0.05, 0) is 35.6 Å². The second-order valence-electron chi connectivity index (χ2n) is 7.10. The number of hydrogen-bond donors (Lipinski definition) is 1. The molecule has 150 valence electrons. The summed E-state index contributed by atoms with van der Waals surface area (Å²) in [7, 11) is 1.55. The molecular formula is C23H28O5. The minimum absolute atomic E-state index is 0.121. The van der Waals surface area contributed by atoms with Crippen molar-refractivity contribution in [2.75, 3.05) is 20.5 Å². The molecule has 0 saturated carbocycles. The summed E-state index contributed by atoms with van der Waals surface area (Å²) < 4.78 is 22.1. The molecule has 28 heavy (non-hydrogen) atoms. The Morgan fingerprint density at radius 3 is 2.68 bits per heavy atom. The van der Waals surface area contributed by atoms with Crippen LogP contribution in [0, 0.1) is 5.92 Å². The first-order valence-corrected chi connectivity index (χ1v) is 9.61. The van der Waals surface area contributed by atoms with E-state index in [1.54, 1.807) is 19.4 Å². The van der Waals surface area contributed by atoms with Crippen molar-refractivity contribution < 1.29 is 24.1 Å². The van der Waals surface area contributed by atoms with Gasteiger partial charge >= 0.3 is 0 Å². The zero-order chi connectivity index (χ0) is 19.8. The minimum atomic E-state index is -0.121. The van der Waals surface area contributed by atoms with Crippen LogP contribution in [0.5, 0.6) is 11.5 Å². The molecule has 2 unspecified atom stereocenters. The molecule has 0 aliphatic carbocycles. The fourth-order valence-corrected chi connectivity index (χ4v) is 3.15. The van der Waals surface area contributed by atoms with E-state index >= 15 is 0 Å². The van der Waals surface area contributed by atoms with Crippen LogP contribution in [0.15, 0.2) is 60.6 Å². The number of phenolic OH excluding ortho intramolecular Hbond substituents is 1. The molecule has 5 nitrogen and oxygen atoms in total. The monoisotopic (exact) mass is 384 g/mol.